The summed E-state index contributed by atoms with van der Waals surface area (Å²) in [4.78, 5) is 10.4. The molecule has 4 N–H and O–H groups in total. The molecule has 0 spiro atoms. The minimum absolute atomic E-state index is 0.350. The average molecular weight is 313 g/mol. The number of carboxylic acid groups (broad SMARTS) is 1. The van der Waals surface area contributed by atoms with Crippen molar-refractivity contribution in [3.8, 4) is 16.9 Å². The Morgan fingerprint density at radius 1 is 1.17 bits per heavy atom. The number of nitrogens with two attached hydrogens (primary N) is 1. The van der Waals surface area contributed by atoms with Gasteiger partial charge in [-0.1, -0.05) is 32.0 Å². The van der Waals surface area contributed by atoms with Gasteiger partial charge in [-0.3, -0.25) is 5.10 Å². The van der Waals surface area contributed by atoms with Crippen LogP contribution in [0, 0.1) is 0 Å². The van der Waals surface area contributed by atoms with E-state index >= 15 is 0 Å². The van der Waals surface area contributed by atoms with Crippen molar-refractivity contribution in [1.29, 1.82) is 0 Å². The van der Waals surface area contributed by atoms with Crippen molar-refractivity contribution in [2.24, 2.45) is 0 Å². The average Bonchev–Trinajstić information content (AvgIpc) is 2.96. The number of ether oxygens (including phenoxy) is 1. The monoisotopic (exact) mass is 313 g/mol. The number of benzene rings is 2. The normalized spacial score (nSPS) is 10.0. The molecule has 0 aliphatic heterocycles. The second-order valence-electron chi connectivity index (χ2n) is 4.58. The summed E-state index contributed by atoms with van der Waals surface area (Å²) in [6.07, 6.45) is 0. The van der Waals surface area contributed by atoms with Gasteiger partial charge in [0, 0.05) is 5.39 Å². The van der Waals surface area contributed by atoms with Gasteiger partial charge in [0.05, 0.1) is 5.52 Å². The van der Waals surface area contributed by atoms with Crippen molar-refractivity contribution >= 4 is 22.7 Å². The van der Waals surface area contributed by atoms with E-state index in [1.165, 1.54) is 0 Å². The molecule has 0 aliphatic rings. The minimum atomic E-state index is -1.00. The van der Waals surface area contributed by atoms with Crippen LogP contribution in [0.15, 0.2) is 42.5 Å². The summed E-state index contributed by atoms with van der Waals surface area (Å²) in [5, 5.41) is 16.3. The first-order chi connectivity index (χ1) is 11.1. The van der Waals surface area contributed by atoms with Crippen molar-refractivity contribution in [2.45, 2.75) is 13.8 Å². The maximum atomic E-state index is 10.4. The maximum absolute atomic E-state index is 10.4. The first-order valence-corrected chi connectivity index (χ1v) is 7.32. The Morgan fingerprint density at radius 3 is 2.48 bits per heavy atom. The highest BCUT2D eigenvalue weighted by atomic mass is 16.5. The van der Waals surface area contributed by atoms with Gasteiger partial charge in [-0.25, -0.2) is 4.79 Å². The Morgan fingerprint density at radius 2 is 1.83 bits per heavy atom. The highest BCUT2D eigenvalue weighted by Gasteiger charge is 2.05. The summed E-state index contributed by atoms with van der Waals surface area (Å²) in [5.41, 5.74) is 8.67. The number of carboxylic acids is 1. The van der Waals surface area contributed by atoms with Crippen molar-refractivity contribution in [3.05, 3.63) is 42.5 Å². The third-order valence-electron chi connectivity index (χ3n) is 3.14. The van der Waals surface area contributed by atoms with Crippen LogP contribution in [0.3, 0.4) is 0 Å². The summed E-state index contributed by atoms with van der Waals surface area (Å²) in [7, 11) is 0. The molecular weight excluding hydrogens is 294 g/mol. The number of nitrogens with zero attached hydrogens (tertiary/aromatic N) is 1. The van der Waals surface area contributed by atoms with E-state index in [0.29, 0.717) is 11.6 Å². The first kappa shape index (κ1) is 16.4. The molecule has 0 radical (unpaired) electrons. The molecule has 6 heteroatoms. The molecule has 2 aromatic carbocycles. The molecule has 1 heterocycles. The number of H-pyrrole nitrogens is 1. The van der Waals surface area contributed by atoms with Crippen LogP contribution in [0.4, 0.5) is 5.82 Å². The van der Waals surface area contributed by atoms with E-state index in [1.807, 2.05) is 44.2 Å². The van der Waals surface area contributed by atoms with Gasteiger partial charge in [0.25, 0.3) is 0 Å². The Balaban J connectivity index is 0.000000924. The fourth-order valence-corrected chi connectivity index (χ4v) is 2.10. The number of rotatable bonds is 4. The molecule has 1 aromatic heterocycles. The molecule has 0 amide bonds. The third kappa shape index (κ3) is 3.79. The first-order valence-electron chi connectivity index (χ1n) is 7.32. The summed E-state index contributed by atoms with van der Waals surface area (Å²) in [5.74, 6) is -0.0155. The zero-order chi connectivity index (χ0) is 16.8. The number of aromatic nitrogens is 2. The Labute approximate surface area is 133 Å². The number of fused-ring (bicyclic) bond motifs is 1. The van der Waals surface area contributed by atoms with E-state index in [0.717, 1.165) is 22.0 Å². The molecule has 6 nitrogen and oxygen atoms in total. The number of aliphatic carboxylic acids is 1. The van der Waals surface area contributed by atoms with Crippen LogP contribution in [0.1, 0.15) is 13.8 Å². The number of hydrogen-bond acceptors (Lipinski definition) is 4. The molecule has 0 fully saturated rings. The van der Waals surface area contributed by atoms with Crippen LogP contribution >= 0.6 is 0 Å². The predicted molar refractivity (Wildman–Crippen MR) is 90.4 cm³/mol. The van der Waals surface area contributed by atoms with Crippen LogP contribution in [0.2, 0.25) is 0 Å². The van der Waals surface area contributed by atoms with Crippen molar-refractivity contribution in [2.75, 3.05) is 12.3 Å². The molecule has 23 heavy (non-hydrogen) atoms. The molecule has 0 saturated carbocycles. The maximum Gasteiger partial charge on any atom is 0.341 e. The predicted octanol–water partition coefficient (Wildman–Crippen LogP) is 3.30. The van der Waals surface area contributed by atoms with Gasteiger partial charge in [-0.2, -0.15) is 5.10 Å². The lowest BCUT2D eigenvalue weighted by molar-refractivity contribution is -0.139. The Kier molecular flexibility index (Phi) is 5.19. The fourth-order valence-electron chi connectivity index (χ4n) is 2.10. The van der Waals surface area contributed by atoms with E-state index in [4.69, 9.17) is 15.6 Å². The highest BCUT2D eigenvalue weighted by Crippen LogP contribution is 2.27. The van der Waals surface area contributed by atoms with E-state index in [9.17, 15) is 4.79 Å². The van der Waals surface area contributed by atoms with Gasteiger partial charge in [-0.05, 0) is 35.4 Å². The lowest BCUT2D eigenvalue weighted by Crippen LogP contribution is -2.09. The van der Waals surface area contributed by atoms with Crippen molar-refractivity contribution < 1.29 is 14.6 Å². The highest BCUT2D eigenvalue weighted by molar-refractivity contribution is 5.92. The van der Waals surface area contributed by atoms with Gasteiger partial charge in [-0.15, -0.1) is 0 Å². The molecule has 0 unspecified atom stereocenters. The molecule has 3 aromatic rings. The zero-order valence-electron chi connectivity index (χ0n) is 13.0. The molecule has 3 rings (SSSR count). The number of hydrogen-bond donors (Lipinski definition) is 3. The van der Waals surface area contributed by atoms with Gasteiger partial charge in [0.15, 0.2) is 12.4 Å². The smallest absolute Gasteiger partial charge is 0.341 e. The SMILES string of the molecule is CC.Nc1n[nH]c2ccc(-c3ccc(OCC(=O)O)cc3)cc12. The number of aromatic amines is 1. The van der Waals surface area contributed by atoms with Crippen molar-refractivity contribution in [1.82, 2.24) is 10.2 Å². The van der Waals surface area contributed by atoms with Gasteiger partial charge < -0.3 is 15.6 Å². The number of nitrogens with one attached hydrogen (secondary N) is 1. The second kappa shape index (κ2) is 7.31. The number of anilines is 1. The molecule has 0 saturated heterocycles. The van der Waals surface area contributed by atoms with Crippen LogP contribution < -0.4 is 10.5 Å². The van der Waals surface area contributed by atoms with Gasteiger partial charge in [0.2, 0.25) is 0 Å². The van der Waals surface area contributed by atoms with E-state index < -0.39 is 5.97 Å². The third-order valence-corrected chi connectivity index (χ3v) is 3.14. The Bertz CT molecular complexity index is 794. The van der Waals surface area contributed by atoms with E-state index in [2.05, 4.69) is 10.2 Å². The lowest BCUT2D eigenvalue weighted by Gasteiger charge is -2.05. The van der Waals surface area contributed by atoms with Crippen LogP contribution in [-0.4, -0.2) is 27.9 Å². The standard InChI is InChI=1S/C15H13N3O3.C2H6/c16-15-12-7-10(3-6-13(12)17-18-15)9-1-4-11(5-2-9)21-8-14(19)20;1-2/h1-7H,8H2,(H,19,20)(H3,16,17,18);1-2H3. The van der Waals surface area contributed by atoms with Gasteiger partial charge >= 0.3 is 5.97 Å². The molecule has 0 bridgehead atoms. The topological polar surface area (TPSA) is 101 Å². The van der Waals surface area contributed by atoms with Crippen LogP contribution in [0.5, 0.6) is 5.75 Å². The summed E-state index contributed by atoms with van der Waals surface area (Å²) < 4.78 is 5.10. The molecule has 0 aliphatic carbocycles. The summed E-state index contributed by atoms with van der Waals surface area (Å²) >= 11 is 0. The Hall–Kier alpha value is -3.02. The number of nitrogen functional groups attached to an aromatic ring is 1. The molecule has 120 valence electrons. The van der Waals surface area contributed by atoms with Gasteiger partial charge in [0.1, 0.15) is 5.75 Å². The number of carbonyl (C=O) groups is 1. The minimum Gasteiger partial charge on any atom is -0.482 e. The second-order valence-corrected chi connectivity index (χ2v) is 4.58. The summed E-state index contributed by atoms with van der Waals surface area (Å²) in [6.45, 7) is 3.65. The molecule has 0 atom stereocenters. The quantitative estimate of drug-likeness (QED) is 0.686. The van der Waals surface area contributed by atoms with Crippen LogP contribution in [0.25, 0.3) is 22.0 Å². The van der Waals surface area contributed by atoms with E-state index in [-0.39, 0.29) is 6.61 Å². The summed E-state index contributed by atoms with van der Waals surface area (Å²) in [6, 6.07) is 13.1. The largest absolute Gasteiger partial charge is 0.482 e. The fraction of sp³-hybridized carbons (Fsp3) is 0.176. The van der Waals surface area contributed by atoms with E-state index in [1.54, 1.807) is 12.1 Å². The van der Waals surface area contributed by atoms with Crippen LogP contribution in [-0.2, 0) is 4.79 Å². The lowest BCUT2D eigenvalue weighted by atomic mass is 10.0. The zero-order valence-corrected chi connectivity index (χ0v) is 13.0. The molecular formula is C17H19N3O3. The van der Waals surface area contributed by atoms with Crippen molar-refractivity contribution in [3.63, 3.8) is 0 Å².